The van der Waals surface area contributed by atoms with Crippen LogP contribution in [0.4, 0.5) is 0 Å². The molecule has 2 atom stereocenters. The van der Waals surface area contributed by atoms with Crippen molar-refractivity contribution in [2.24, 2.45) is 5.11 Å². The van der Waals surface area contributed by atoms with Crippen molar-refractivity contribution in [3.63, 3.8) is 0 Å². The summed E-state index contributed by atoms with van der Waals surface area (Å²) in [5.74, 6) is 0.0823. The fourth-order valence-corrected chi connectivity index (χ4v) is 1.07. The van der Waals surface area contributed by atoms with Crippen LogP contribution in [0.1, 0.15) is 11.9 Å². The van der Waals surface area contributed by atoms with E-state index < -0.39 is 12.2 Å². The molecular weight excluding hydrogens is 266 g/mol. The topological polar surface area (TPSA) is 115 Å². The summed E-state index contributed by atoms with van der Waals surface area (Å²) in [7, 11) is 0. The minimum atomic E-state index is -1.26. The van der Waals surface area contributed by atoms with Crippen molar-refractivity contribution in [2.45, 2.75) is 12.2 Å². The Balaban J connectivity index is 2.70. The van der Waals surface area contributed by atoms with E-state index in [2.05, 4.69) is 35.9 Å². The van der Waals surface area contributed by atoms with Gasteiger partial charge in [-0.3, -0.25) is 0 Å². The third-order valence-corrected chi connectivity index (χ3v) is 2.01. The van der Waals surface area contributed by atoms with Gasteiger partial charge >= 0.3 is 0 Å². The molecule has 0 bridgehead atoms. The van der Waals surface area contributed by atoms with Gasteiger partial charge in [0, 0.05) is 17.3 Å². The normalized spacial score (nSPS) is 14.1. The molecule has 0 aliphatic heterocycles. The molecule has 0 aromatic carbocycles. The summed E-state index contributed by atoms with van der Waals surface area (Å²) < 4.78 is 0.669. The summed E-state index contributed by atoms with van der Waals surface area (Å²) in [4.78, 5) is 10.1. The molecule has 1 rings (SSSR count). The summed E-state index contributed by atoms with van der Waals surface area (Å²) >= 11 is 3.14. The lowest BCUT2D eigenvalue weighted by molar-refractivity contribution is 0.0189. The number of nitrogens with zero attached hydrogens (tertiary/aromatic N) is 5. The minimum Gasteiger partial charge on any atom is -0.390 e. The number of hydrogen-bond donors (Lipinski definition) is 2. The average molecular weight is 274 g/mol. The van der Waals surface area contributed by atoms with Crippen LogP contribution in [0.3, 0.4) is 0 Å². The quantitative estimate of drug-likeness (QED) is 0.483. The minimum absolute atomic E-state index is 0.0823. The standard InChI is InChI=1S/C7H8BrN5O2/c8-4-1-10-7(11-2-4)6(15)5(14)3-12-13-9/h1-2,5-6,14-15H,3H2. The van der Waals surface area contributed by atoms with E-state index in [4.69, 9.17) is 5.53 Å². The van der Waals surface area contributed by atoms with E-state index in [9.17, 15) is 10.2 Å². The van der Waals surface area contributed by atoms with Gasteiger partial charge in [0.25, 0.3) is 0 Å². The fraction of sp³-hybridized carbons (Fsp3) is 0.429. The highest BCUT2D eigenvalue weighted by Crippen LogP contribution is 2.14. The molecule has 1 aromatic rings. The molecule has 0 radical (unpaired) electrons. The van der Waals surface area contributed by atoms with E-state index in [-0.39, 0.29) is 12.4 Å². The van der Waals surface area contributed by atoms with Crippen LogP contribution in [0.5, 0.6) is 0 Å². The summed E-state index contributed by atoms with van der Waals surface area (Å²) in [5, 5.41) is 22.0. The smallest absolute Gasteiger partial charge is 0.159 e. The maximum Gasteiger partial charge on any atom is 0.159 e. The van der Waals surface area contributed by atoms with Crippen molar-refractivity contribution in [3.05, 3.63) is 33.1 Å². The lowest BCUT2D eigenvalue weighted by Crippen LogP contribution is -2.22. The van der Waals surface area contributed by atoms with E-state index in [0.717, 1.165) is 0 Å². The molecule has 2 N–H and O–H groups in total. The predicted octanol–water partition coefficient (Wildman–Crippen LogP) is 0.944. The van der Waals surface area contributed by atoms with Gasteiger partial charge in [-0.15, -0.1) is 0 Å². The Morgan fingerprint density at radius 2 is 2.07 bits per heavy atom. The number of hydrogen-bond acceptors (Lipinski definition) is 5. The predicted molar refractivity (Wildman–Crippen MR) is 54.7 cm³/mol. The number of aromatic nitrogens is 2. The Morgan fingerprint density at radius 1 is 1.47 bits per heavy atom. The number of azide groups is 1. The van der Waals surface area contributed by atoms with E-state index in [1.807, 2.05) is 0 Å². The number of halogens is 1. The van der Waals surface area contributed by atoms with Crippen molar-refractivity contribution in [3.8, 4) is 0 Å². The molecule has 0 amide bonds. The summed E-state index contributed by atoms with van der Waals surface area (Å²) in [6.45, 7) is -0.225. The molecule has 0 aliphatic carbocycles. The van der Waals surface area contributed by atoms with Gasteiger partial charge in [-0.05, 0) is 21.5 Å². The molecule has 1 heterocycles. The largest absolute Gasteiger partial charge is 0.390 e. The molecule has 1 aromatic heterocycles. The van der Waals surface area contributed by atoms with Crippen LogP contribution in [0.2, 0.25) is 0 Å². The van der Waals surface area contributed by atoms with E-state index in [0.29, 0.717) is 4.47 Å². The molecule has 15 heavy (non-hydrogen) atoms. The van der Waals surface area contributed by atoms with Crippen molar-refractivity contribution in [2.75, 3.05) is 6.54 Å². The second-order valence-corrected chi connectivity index (χ2v) is 3.60. The first-order chi connectivity index (χ1) is 7.15. The monoisotopic (exact) mass is 273 g/mol. The van der Waals surface area contributed by atoms with Gasteiger partial charge in [0.2, 0.25) is 0 Å². The van der Waals surface area contributed by atoms with E-state index in [1.54, 1.807) is 0 Å². The SMILES string of the molecule is [N-]=[N+]=NCC(O)C(O)c1ncc(Br)cn1. The Morgan fingerprint density at radius 3 is 2.60 bits per heavy atom. The van der Waals surface area contributed by atoms with Crippen LogP contribution in [-0.2, 0) is 0 Å². The molecule has 8 heteroatoms. The van der Waals surface area contributed by atoms with Crippen LogP contribution in [-0.4, -0.2) is 32.8 Å². The zero-order valence-electron chi connectivity index (χ0n) is 7.52. The Bertz CT molecular complexity index is 364. The van der Waals surface area contributed by atoms with Crippen molar-refractivity contribution < 1.29 is 10.2 Å². The van der Waals surface area contributed by atoms with Gasteiger partial charge in [-0.1, -0.05) is 5.11 Å². The van der Waals surface area contributed by atoms with E-state index >= 15 is 0 Å². The van der Waals surface area contributed by atoms with Crippen molar-refractivity contribution in [1.29, 1.82) is 0 Å². The molecule has 0 spiro atoms. The van der Waals surface area contributed by atoms with Gasteiger partial charge in [0.15, 0.2) is 5.82 Å². The van der Waals surface area contributed by atoms with Crippen LogP contribution in [0.25, 0.3) is 10.4 Å². The summed E-state index contributed by atoms with van der Waals surface area (Å²) in [6.07, 6.45) is 0.433. The highest BCUT2D eigenvalue weighted by atomic mass is 79.9. The maximum atomic E-state index is 9.53. The molecule has 2 unspecified atom stereocenters. The second kappa shape index (κ2) is 5.62. The average Bonchev–Trinajstić information content (AvgIpc) is 2.26. The molecule has 0 aliphatic rings. The Kier molecular flexibility index (Phi) is 4.44. The van der Waals surface area contributed by atoms with Crippen molar-refractivity contribution in [1.82, 2.24) is 9.97 Å². The Hall–Kier alpha value is -1.21. The summed E-state index contributed by atoms with van der Waals surface area (Å²) in [5.41, 5.74) is 8.03. The van der Waals surface area contributed by atoms with Gasteiger partial charge in [0.1, 0.15) is 6.10 Å². The molecule has 0 saturated carbocycles. The molecule has 7 nitrogen and oxygen atoms in total. The molecule has 80 valence electrons. The van der Waals surface area contributed by atoms with Gasteiger partial charge in [0.05, 0.1) is 17.1 Å². The highest BCUT2D eigenvalue weighted by Gasteiger charge is 2.19. The van der Waals surface area contributed by atoms with Crippen molar-refractivity contribution >= 4 is 15.9 Å². The second-order valence-electron chi connectivity index (χ2n) is 2.69. The van der Waals surface area contributed by atoms with E-state index in [1.165, 1.54) is 12.4 Å². The summed E-state index contributed by atoms with van der Waals surface area (Å²) in [6, 6.07) is 0. The number of aliphatic hydroxyl groups excluding tert-OH is 2. The fourth-order valence-electron chi connectivity index (χ4n) is 0.867. The zero-order chi connectivity index (χ0) is 11.3. The van der Waals surface area contributed by atoms with Gasteiger partial charge in [-0.25, -0.2) is 9.97 Å². The first kappa shape index (κ1) is 11.9. The first-order valence-electron chi connectivity index (χ1n) is 3.99. The lowest BCUT2D eigenvalue weighted by Gasteiger charge is -2.13. The highest BCUT2D eigenvalue weighted by molar-refractivity contribution is 9.10. The first-order valence-corrected chi connectivity index (χ1v) is 4.79. The number of aliphatic hydroxyl groups is 2. The van der Waals surface area contributed by atoms with Crippen LogP contribution < -0.4 is 0 Å². The van der Waals surface area contributed by atoms with Crippen LogP contribution in [0.15, 0.2) is 22.0 Å². The van der Waals surface area contributed by atoms with Gasteiger partial charge in [-0.2, -0.15) is 0 Å². The maximum absolute atomic E-state index is 9.53. The van der Waals surface area contributed by atoms with Crippen LogP contribution in [0, 0.1) is 0 Å². The zero-order valence-corrected chi connectivity index (χ0v) is 9.11. The lowest BCUT2D eigenvalue weighted by atomic mass is 10.2. The van der Waals surface area contributed by atoms with Gasteiger partial charge < -0.3 is 10.2 Å². The van der Waals surface area contributed by atoms with Crippen LogP contribution >= 0.6 is 15.9 Å². The molecule has 0 saturated heterocycles. The number of rotatable bonds is 4. The Labute approximate surface area is 93.6 Å². The molecule has 0 fully saturated rings. The third-order valence-electron chi connectivity index (χ3n) is 1.60. The third kappa shape index (κ3) is 3.45. The molecular formula is C7H8BrN5O2.